The van der Waals surface area contributed by atoms with Gasteiger partial charge in [0.05, 0.1) is 79.3 Å². The molecule has 1 aromatic carbocycles. The molecule has 3 fully saturated rings. The maximum atomic E-state index is 13.5. The third-order valence-electron chi connectivity index (χ3n) is 9.39. The van der Waals surface area contributed by atoms with E-state index in [0.29, 0.717) is 19.6 Å². The highest BCUT2D eigenvalue weighted by atomic mass is 32.2. The first-order valence-electron chi connectivity index (χ1n) is 16.3. The lowest BCUT2D eigenvalue weighted by molar-refractivity contribution is -0.0785. The van der Waals surface area contributed by atoms with E-state index in [1.54, 1.807) is 36.4 Å². The molecular formula is C36H52O9S. The number of sulfone groups is 1. The summed E-state index contributed by atoms with van der Waals surface area (Å²) >= 11 is 0. The molecule has 4 rings (SSSR count). The number of benzene rings is 1. The third kappa shape index (κ3) is 9.70. The number of methoxy groups -OCH3 is 1. The highest BCUT2D eigenvalue weighted by Crippen LogP contribution is 2.41. The van der Waals surface area contributed by atoms with Crippen molar-refractivity contribution in [1.82, 2.24) is 0 Å². The summed E-state index contributed by atoms with van der Waals surface area (Å²) in [5.74, 6) is -0.484. The van der Waals surface area contributed by atoms with Gasteiger partial charge in [0.25, 0.3) is 0 Å². The van der Waals surface area contributed by atoms with Crippen LogP contribution in [0.2, 0.25) is 0 Å². The summed E-state index contributed by atoms with van der Waals surface area (Å²) < 4.78 is 57.6. The Balaban J connectivity index is 1.42. The average molecular weight is 661 g/mol. The van der Waals surface area contributed by atoms with E-state index in [1.165, 1.54) is 7.11 Å². The zero-order chi connectivity index (χ0) is 33.3. The smallest absolute Gasteiger partial charge is 0.178 e. The molecule has 46 heavy (non-hydrogen) atoms. The fraction of sp³-hybridized carbons (Fsp3) is 0.611. The van der Waals surface area contributed by atoms with Crippen molar-refractivity contribution in [3.05, 3.63) is 79.4 Å². The van der Waals surface area contributed by atoms with E-state index in [1.807, 2.05) is 12.2 Å². The molecule has 0 radical (unpaired) electrons. The molecule has 256 valence electrons. The summed E-state index contributed by atoms with van der Waals surface area (Å²) in [6, 6.07) is 8.37. The van der Waals surface area contributed by atoms with Crippen molar-refractivity contribution in [1.29, 1.82) is 0 Å². The largest absolute Gasteiger partial charge is 0.394 e. The minimum Gasteiger partial charge on any atom is -0.394 e. The van der Waals surface area contributed by atoms with Crippen LogP contribution in [0.1, 0.15) is 45.4 Å². The molecule has 0 amide bonds. The average Bonchev–Trinajstić information content (AvgIpc) is 3.55. The molecule has 0 spiro atoms. The van der Waals surface area contributed by atoms with Gasteiger partial charge in [-0.1, -0.05) is 56.5 Å². The van der Waals surface area contributed by atoms with Crippen LogP contribution in [0.15, 0.2) is 84.3 Å². The van der Waals surface area contributed by atoms with Crippen LogP contribution < -0.4 is 0 Å². The Morgan fingerprint density at radius 1 is 1.07 bits per heavy atom. The van der Waals surface area contributed by atoms with Crippen LogP contribution >= 0.6 is 0 Å². The zero-order valence-electron chi connectivity index (χ0n) is 27.2. The van der Waals surface area contributed by atoms with Crippen molar-refractivity contribution in [3.8, 4) is 0 Å². The predicted octanol–water partition coefficient (Wildman–Crippen LogP) is 4.59. The predicted molar refractivity (Wildman–Crippen MR) is 177 cm³/mol. The minimum atomic E-state index is -3.66. The number of aliphatic hydroxyl groups is 2. The summed E-state index contributed by atoms with van der Waals surface area (Å²) in [4.78, 5) is 0.240. The Hall–Kier alpha value is -2.15. The van der Waals surface area contributed by atoms with Gasteiger partial charge in [-0.25, -0.2) is 8.42 Å². The lowest BCUT2D eigenvalue weighted by atomic mass is 9.83. The second-order valence-electron chi connectivity index (χ2n) is 12.8. The molecular weight excluding hydrogens is 608 g/mol. The monoisotopic (exact) mass is 660 g/mol. The second kappa shape index (κ2) is 17.3. The molecule has 1 aromatic rings. The van der Waals surface area contributed by atoms with E-state index in [2.05, 4.69) is 26.7 Å². The number of rotatable bonds is 17. The second-order valence-corrected chi connectivity index (χ2v) is 14.8. The molecule has 3 aliphatic heterocycles. The van der Waals surface area contributed by atoms with Gasteiger partial charge in [0, 0.05) is 32.3 Å². The highest BCUT2D eigenvalue weighted by Gasteiger charge is 2.49. The minimum absolute atomic E-state index is 0.0156. The van der Waals surface area contributed by atoms with Gasteiger partial charge < -0.3 is 33.9 Å². The third-order valence-corrected chi connectivity index (χ3v) is 11.2. The van der Waals surface area contributed by atoms with Crippen molar-refractivity contribution >= 4 is 9.84 Å². The Morgan fingerprint density at radius 2 is 1.83 bits per heavy atom. The van der Waals surface area contributed by atoms with Gasteiger partial charge in [0.2, 0.25) is 0 Å². The summed E-state index contributed by atoms with van der Waals surface area (Å²) in [5, 5.41) is 19.7. The van der Waals surface area contributed by atoms with E-state index < -0.39 is 46.8 Å². The summed E-state index contributed by atoms with van der Waals surface area (Å²) in [5.41, 5.74) is 2.04. The van der Waals surface area contributed by atoms with Crippen LogP contribution in [0.5, 0.6) is 0 Å². The Morgan fingerprint density at radius 3 is 2.52 bits per heavy atom. The zero-order valence-corrected chi connectivity index (χ0v) is 28.1. The maximum Gasteiger partial charge on any atom is 0.178 e. The first kappa shape index (κ1) is 36.7. The number of hydrogen-bond acceptors (Lipinski definition) is 9. The highest BCUT2D eigenvalue weighted by molar-refractivity contribution is 7.91. The molecule has 0 bridgehead atoms. The van der Waals surface area contributed by atoms with Gasteiger partial charge in [-0.15, -0.1) is 6.58 Å². The fourth-order valence-electron chi connectivity index (χ4n) is 6.90. The van der Waals surface area contributed by atoms with Crippen molar-refractivity contribution in [2.24, 2.45) is 11.8 Å². The first-order chi connectivity index (χ1) is 22.1. The molecule has 3 saturated heterocycles. The van der Waals surface area contributed by atoms with E-state index in [0.717, 1.165) is 36.8 Å². The fourth-order valence-corrected chi connectivity index (χ4v) is 8.57. The number of ether oxygens (including phenoxy) is 5. The van der Waals surface area contributed by atoms with E-state index in [9.17, 15) is 18.6 Å². The van der Waals surface area contributed by atoms with Gasteiger partial charge in [-0.2, -0.15) is 0 Å². The van der Waals surface area contributed by atoms with Crippen LogP contribution in [-0.2, 0) is 33.5 Å². The molecule has 0 aliphatic carbocycles. The van der Waals surface area contributed by atoms with Crippen LogP contribution in [0.3, 0.4) is 0 Å². The summed E-state index contributed by atoms with van der Waals surface area (Å²) in [7, 11) is -2.14. The van der Waals surface area contributed by atoms with Gasteiger partial charge >= 0.3 is 0 Å². The molecule has 9 nitrogen and oxygen atoms in total. The van der Waals surface area contributed by atoms with Crippen LogP contribution in [-0.4, -0.2) is 100 Å². The lowest BCUT2D eigenvalue weighted by Gasteiger charge is -2.38. The molecule has 3 aliphatic rings. The molecule has 7 unspecified atom stereocenters. The first-order valence-corrected chi connectivity index (χ1v) is 18.0. The van der Waals surface area contributed by atoms with Crippen LogP contribution in [0.4, 0.5) is 0 Å². The van der Waals surface area contributed by atoms with Gasteiger partial charge in [0.1, 0.15) is 0 Å². The van der Waals surface area contributed by atoms with Crippen molar-refractivity contribution in [3.63, 3.8) is 0 Å². The van der Waals surface area contributed by atoms with Crippen LogP contribution in [0, 0.1) is 11.8 Å². The lowest BCUT2D eigenvalue weighted by Crippen LogP contribution is -2.40. The van der Waals surface area contributed by atoms with E-state index >= 15 is 0 Å². The quantitative estimate of drug-likeness (QED) is 0.183. The normalized spacial score (nSPS) is 32.7. The number of hydrogen-bond donors (Lipinski definition) is 2. The molecule has 2 N–H and O–H groups in total. The maximum absolute atomic E-state index is 13.5. The number of aliphatic hydroxyl groups excluding tert-OH is 2. The molecule has 3 heterocycles. The van der Waals surface area contributed by atoms with E-state index in [-0.39, 0.29) is 47.4 Å². The van der Waals surface area contributed by atoms with Gasteiger partial charge in [-0.3, -0.25) is 0 Å². The Labute approximate surface area is 274 Å². The molecule has 10 atom stereocenters. The van der Waals surface area contributed by atoms with Gasteiger partial charge in [0.15, 0.2) is 9.84 Å². The van der Waals surface area contributed by atoms with Crippen LogP contribution in [0.25, 0.3) is 0 Å². The standard InChI is InChI=1S/C36H52O9S/c1-6-16-42-17-10-11-28-19-25(3)32(43-28)15-14-29-18-24(2)26(4)33(44-29)21-34-31(23-46(39,40)30-12-8-7-9-13-30)36(41-5)35(45-34)20-27(38)22-37/h6-13,24,27-29,31-38H,1,3-4,14-23H2,2,5H3/b11-10+/t24-,27?,28?,29?,31?,32?,33?,34+,35?,36-/m1/s1. The van der Waals surface area contributed by atoms with Gasteiger partial charge in [-0.05, 0) is 48.5 Å². The van der Waals surface area contributed by atoms with Crippen molar-refractivity contribution < 1.29 is 42.3 Å². The summed E-state index contributed by atoms with van der Waals surface area (Å²) in [6.07, 6.45) is 6.34. The van der Waals surface area contributed by atoms with E-state index in [4.69, 9.17) is 23.7 Å². The molecule has 0 saturated carbocycles. The SMILES string of the molecule is C=CCOC/C=C/C1CC(=C)C(CCC2C[C@@H](C)C(=C)C(C[C@@H]3OC(CC(O)CO)[C@H](OC)C3CS(=O)(=O)c3ccccc3)O2)O1. The Kier molecular flexibility index (Phi) is 13.8. The van der Waals surface area contributed by atoms with Crippen molar-refractivity contribution in [2.45, 2.75) is 99.2 Å². The Bertz CT molecular complexity index is 1280. The molecule has 10 heteroatoms. The van der Waals surface area contributed by atoms with Crippen molar-refractivity contribution in [2.75, 3.05) is 32.7 Å². The molecule has 0 aromatic heterocycles. The topological polar surface area (TPSA) is 121 Å². The summed E-state index contributed by atoms with van der Waals surface area (Å²) in [6.45, 7) is 15.0.